The van der Waals surface area contributed by atoms with Crippen LogP contribution in [0.3, 0.4) is 0 Å². The Morgan fingerprint density at radius 3 is 2.71 bits per heavy atom. The monoisotopic (exact) mass is 345 g/mol. The molecule has 0 fully saturated rings. The fraction of sp³-hybridized carbons (Fsp3) is 0.0667. The standard InChI is InChI=1S/C15H11N3O5S/c19-14-8-18(12-4-2-1-3-10(12)16-14)24(21,22)9-5-6-11-13(7-9)23-15(20)17-11/h1-7H,8H2,(H,16,19)(H,17,20). The van der Waals surface area contributed by atoms with Crippen molar-refractivity contribution < 1.29 is 17.6 Å². The van der Waals surface area contributed by atoms with Crippen LogP contribution in [0.2, 0.25) is 0 Å². The van der Waals surface area contributed by atoms with Crippen molar-refractivity contribution >= 4 is 38.4 Å². The number of hydrogen-bond donors (Lipinski definition) is 2. The number of nitrogens with zero attached hydrogens (tertiary/aromatic N) is 1. The lowest BCUT2D eigenvalue weighted by atomic mass is 10.2. The first-order valence-corrected chi connectivity index (χ1v) is 8.44. The second-order valence-electron chi connectivity index (χ2n) is 5.25. The summed E-state index contributed by atoms with van der Waals surface area (Å²) in [6.07, 6.45) is 0. The molecule has 1 aromatic heterocycles. The Labute approximate surface area is 135 Å². The average molecular weight is 345 g/mol. The number of para-hydroxylation sites is 2. The van der Waals surface area contributed by atoms with E-state index in [1.807, 2.05) is 0 Å². The maximum absolute atomic E-state index is 13.0. The van der Waals surface area contributed by atoms with Gasteiger partial charge in [-0.05, 0) is 24.3 Å². The highest BCUT2D eigenvalue weighted by molar-refractivity contribution is 7.93. The van der Waals surface area contributed by atoms with Crippen molar-refractivity contribution in [2.45, 2.75) is 4.90 Å². The molecular formula is C15H11N3O5S. The summed E-state index contributed by atoms with van der Waals surface area (Å²) in [6, 6.07) is 10.7. The molecule has 0 atom stereocenters. The largest absolute Gasteiger partial charge is 0.417 e. The van der Waals surface area contributed by atoms with E-state index in [9.17, 15) is 18.0 Å². The van der Waals surface area contributed by atoms with Gasteiger partial charge in [0.1, 0.15) is 6.54 Å². The van der Waals surface area contributed by atoms with Gasteiger partial charge in [-0.15, -0.1) is 0 Å². The molecule has 24 heavy (non-hydrogen) atoms. The predicted molar refractivity (Wildman–Crippen MR) is 86.4 cm³/mol. The van der Waals surface area contributed by atoms with Gasteiger partial charge in [0.25, 0.3) is 10.0 Å². The van der Waals surface area contributed by atoms with Crippen LogP contribution in [0.15, 0.2) is 56.6 Å². The maximum Gasteiger partial charge on any atom is 0.417 e. The van der Waals surface area contributed by atoms with Gasteiger partial charge in [0.15, 0.2) is 5.58 Å². The highest BCUT2D eigenvalue weighted by atomic mass is 32.2. The van der Waals surface area contributed by atoms with Gasteiger partial charge in [-0.25, -0.2) is 13.2 Å². The first-order valence-electron chi connectivity index (χ1n) is 7.00. The second kappa shape index (κ2) is 4.96. The Morgan fingerprint density at radius 2 is 1.88 bits per heavy atom. The Balaban J connectivity index is 1.87. The van der Waals surface area contributed by atoms with Crippen molar-refractivity contribution in [2.75, 3.05) is 16.2 Å². The molecule has 122 valence electrons. The van der Waals surface area contributed by atoms with Gasteiger partial charge in [-0.1, -0.05) is 12.1 Å². The predicted octanol–water partition coefficient (Wildman–Crippen LogP) is 1.27. The van der Waals surface area contributed by atoms with Gasteiger partial charge < -0.3 is 9.73 Å². The quantitative estimate of drug-likeness (QED) is 0.726. The maximum atomic E-state index is 13.0. The molecule has 0 unspecified atom stereocenters. The summed E-state index contributed by atoms with van der Waals surface area (Å²) in [7, 11) is -3.99. The summed E-state index contributed by atoms with van der Waals surface area (Å²) in [5, 5.41) is 2.64. The topological polar surface area (TPSA) is 112 Å². The zero-order valence-electron chi connectivity index (χ0n) is 12.1. The van der Waals surface area contributed by atoms with E-state index < -0.39 is 21.7 Å². The minimum atomic E-state index is -3.99. The van der Waals surface area contributed by atoms with Crippen LogP contribution in [0.25, 0.3) is 11.1 Å². The van der Waals surface area contributed by atoms with Gasteiger partial charge in [-0.2, -0.15) is 0 Å². The van der Waals surface area contributed by atoms with E-state index in [1.165, 1.54) is 18.2 Å². The van der Waals surface area contributed by atoms with E-state index in [0.717, 1.165) is 4.31 Å². The smallest absolute Gasteiger partial charge is 0.408 e. The SMILES string of the molecule is O=C1CN(S(=O)(=O)c2ccc3[nH]c(=O)oc3c2)c2ccccc2N1. The summed E-state index contributed by atoms with van der Waals surface area (Å²) in [5.41, 5.74) is 1.34. The molecule has 2 heterocycles. The van der Waals surface area contributed by atoms with Crippen LogP contribution < -0.4 is 15.4 Å². The van der Waals surface area contributed by atoms with E-state index in [0.29, 0.717) is 16.9 Å². The van der Waals surface area contributed by atoms with Gasteiger partial charge in [0, 0.05) is 6.07 Å². The molecule has 8 nitrogen and oxygen atoms in total. The fourth-order valence-corrected chi connectivity index (χ4v) is 4.09. The summed E-state index contributed by atoms with van der Waals surface area (Å²) >= 11 is 0. The second-order valence-corrected chi connectivity index (χ2v) is 7.11. The lowest BCUT2D eigenvalue weighted by Gasteiger charge is -2.29. The molecular weight excluding hydrogens is 334 g/mol. The van der Waals surface area contributed by atoms with Crippen LogP contribution in [0.4, 0.5) is 11.4 Å². The minimum Gasteiger partial charge on any atom is -0.408 e. The molecule has 0 bridgehead atoms. The van der Waals surface area contributed by atoms with Crippen molar-refractivity contribution in [2.24, 2.45) is 0 Å². The molecule has 1 amide bonds. The molecule has 0 aliphatic carbocycles. The number of aromatic nitrogens is 1. The third-order valence-electron chi connectivity index (χ3n) is 3.71. The highest BCUT2D eigenvalue weighted by Gasteiger charge is 2.32. The van der Waals surface area contributed by atoms with Crippen LogP contribution in [0, 0.1) is 0 Å². The Morgan fingerprint density at radius 1 is 1.08 bits per heavy atom. The lowest BCUT2D eigenvalue weighted by molar-refractivity contribution is -0.115. The highest BCUT2D eigenvalue weighted by Crippen LogP contribution is 2.33. The molecule has 9 heteroatoms. The average Bonchev–Trinajstić information content (AvgIpc) is 2.93. The molecule has 3 aromatic rings. The van der Waals surface area contributed by atoms with Crippen molar-refractivity contribution in [1.29, 1.82) is 0 Å². The normalized spacial score (nSPS) is 14.5. The molecule has 0 saturated heterocycles. The molecule has 1 aliphatic heterocycles. The zero-order chi connectivity index (χ0) is 16.9. The van der Waals surface area contributed by atoms with Crippen molar-refractivity contribution in [1.82, 2.24) is 4.98 Å². The fourth-order valence-electron chi connectivity index (χ4n) is 2.63. The van der Waals surface area contributed by atoms with Gasteiger partial charge in [-0.3, -0.25) is 14.1 Å². The van der Waals surface area contributed by atoms with E-state index >= 15 is 0 Å². The number of rotatable bonds is 2. The summed E-state index contributed by atoms with van der Waals surface area (Å²) < 4.78 is 31.9. The van der Waals surface area contributed by atoms with Crippen LogP contribution in [-0.4, -0.2) is 25.9 Å². The minimum absolute atomic E-state index is 0.0674. The molecule has 0 radical (unpaired) electrons. The summed E-state index contributed by atoms with van der Waals surface area (Å²) in [6.45, 7) is -0.325. The summed E-state index contributed by atoms with van der Waals surface area (Å²) in [5.74, 6) is -1.09. The van der Waals surface area contributed by atoms with Crippen LogP contribution in [0.1, 0.15) is 0 Å². The number of aromatic amines is 1. The molecule has 0 spiro atoms. The molecule has 1 aliphatic rings. The van der Waals surface area contributed by atoms with E-state index in [1.54, 1.807) is 24.3 Å². The van der Waals surface area contributed by atoms with E-state index in [-0.39, 0.29) is 17.0 Å². The first-order chi connectivity index (χ1) is 11.4. The van der Waals surface area contributed by atoms with E-state index in [4.69, 9.17) is 4.42 Å². The molecule has 4 rings (SSSR count). The van der Waals surface area contributed by atoms with Gasteiger partial charge in [0.05, 0.1) is 21.8 Å². The number of carbonyl (C=O) groups excluding carboxylic acids is 1. The van der Waals surface area contributed by atoms with Crippen LogP contribution in [-0.2, 0) is 14.8 Å². The number of sulfonamides is 1. The zero-order valence-corrected chi connectivity index (χ0v) is 13.0. The first kappa shape index (κ1) is 14.5. The van der Waals surface area contributed by atoms with Crippen molar-refractivity contribution in [3.8, 4) is 0 Å². The number of amides is 1. The number of H-pyrrole nitrogens is 1. The third kappa shape index (κ3) is 2.17. The number of nitrogens with one attached hydrogen (secondary N) is 2. The lowest BCUT2D eigenvalue weighted by Crippen LogP contribution is -2.42. The van der Waals surface area contributed by atoms with Gasteiger partial charge >= 0.3 is 5.76 Å². The number of anilines is 2. The summed E-state index contributed by atoms with van der Waals surface area (Å²) in [4.78, 5) is 25.4. The Bertz CT molecular complexity index is 1130. The molecule has 2 N–H and O–H groups in total. The van der Waals surface area contributed by atoms with Crippen LogP contribution in [0.5, 0.6) is 0 Å². The van der Waals surface area contributed by atoms with Crippen molar-refractivity contribution in [3.63, 3.8) is 0 Å². The van der Waals surface area contributed by atoms with E-state index in [2.05, 4.69) is 10.3 Å². The Hall–Kier alpha value is -3.07. The number of oxazole rings is 1. The molecule has 2 aromatic carbocycles. The number of benzene rings is 2. The number of carbonyl (C=O) groups is 1. The Kier molecular flexibility index (Phi) is 3.00. The van der Waals surface area contributed by atoms with Crippen LogP contribution >= 0.6 is 0 Å². The molecule has 0 saturated carbocycles. The number of fused-ring (bicyclic) bond motifs is 2. The number of hydrogen-bond acceptors (Lipinski definition) is 5. The third-order valence-corrected chi connectivity index (χ3v) is 5.47. The van der Waals surface area contributed by atoms with Gasteiger partial charge in [0.2, 0.25) is 5.91 Å². The van der Waals surface area contributed by atoms with Crippen molar-refractivity contribution in [3.05, 3.63) is 53.0 Å².